The van der Waals surface area contributed by atoms with Crippen LogP contribution in [0.5, 0.6) is 0 Å². The van der Waals surface area contributed by atoms with E-state index in [1.54, 1.807) is 6.07 Å². The van der Waals surface area contributed by atoms with Crippen molar-refractivity contribution < 1.29 is 4.39 Å². The summed E-state index contributed by atoms with van der Waals surface area (Å²) >= 11 is 3.14. The summed E-state index contributed by atoms with van der Waals surface area (Å²) in [5, 5.41) is 0. The van der Waals surface area contributed by atoms with E-state index in [1.807, 2.05) is 18.2 Å². The van der Waals surface area contributed by atoms with Crippen molar-refractivity contribution in [3.63, 3.8) is 0 Å². The Hall–Kier alpha value is -0.630. The van der Waals surface area contributed by atoms with Crippen molar-refractivity contribution in [2.24, 2.45) is 0 Å². The Morgan fingerprint density at radius 1 is 1.36 bits per heavy atom. The van der Waals surface area contributed by atoms with Gasteiger partial charge in [0.25, 0.3) is 0 Å². The van der Waals surface area contributed by atoms with Crippen molar-refractivity contribution >= 4 is 22.0 Å². The number of rotatable bonds is 0. The molecule has 2 heteroatoms. The maximum atomic E-state index is 12.9. The largest absolute Gasteiger partial charge is 0.206 e. The van der Waals surface area contributed by atoms with Gasteiger partial charge in [-0.2, -0.15) is 0 Å². The number of fused-ring (bicyclic) bond motifs is 1. The second-order valence-electron chi connectivity index (χ2n) is 2.57. The van der Waals surface area contributed by atoms with Gasteiger partial charge in [-0.05, 0) is 45.6 Å². The van der Waals surface area contributed by atoms with Crippen molar-refractivity contribution in [3.05, 3.63) is 39.6 Å². The van der Waals surface area contributed by atoms with Crippen molar-refractivity contribution in [1.29, 1.82) is 0 Å². The highest BCUT2D eigenvalue weighted by Crippen LogP contribution is 2.25. The van der Waals surface area contributed by atoms with Gasteiger partial charge in [0.15, 0.2) is 0 Å². The van der Waals surface area contributed by atoms with E-state index in [9.17, 15) is 4.39 Å². The van der Waals surface area contributed by atoms with Crippen LogP contribution in [0.25, 0.3) is 6.08 Å². The lowest BCUT2D eigenvalue weighted by Crippen LogP contribution is -1.85. The molecule has 0 fully saturated rings. The first kappa shape index (κ1) is 7.04. The molecule has 0 N–H and O–H groups in total. The van der Waals surface area contributed by atoms with E-state index >= 15 is 0 Å². The molecule has 0 spiro atoms. The van der Waals surface area contributed by atoms with E-state index < -0.39 is 0 Å². The lowest BCUT2D eigenvalue weighted by molar-refractivity contribution is 0.619. The van der Waals surface area contributed by atoms with E-state index in [1.165, 1.54) is 0 Å². The Balaban J connectivity index is 2.63. The fourth-order valence-electron chi connectivity index (χ4n) is 1.25. The Morgan fingerprint density at radius 3 is 3.00 bits per heavy atom. The van der Waals surface area contributed by atoms with Gasteiger partial charge in [0.05, 0.1) is 4.47 Å². The van der Waals surface area contributed by atoms with Gasteiger partial charge in [-0.15, -0.1) is 0 Å². The third kappa shape index (κ3) is 1.11. The third-order valence-corrected chi connectivity index (χ3v) is 2.43. The van der Waals surface area contributed by atoms with Crippen LogP contribution < -0.4 is 0 Å². The van der Waals surface area contributed by atoms with E-state index in [-0.39, 0.29) is 5.82 Å². The lowest BCUT2D eigenvalue weighted by Gasteiger charge is -1.99. The van der Waals surface area contributed by atoms with E-state index in [0.717, 1.165) is 17.5 Å². The summed E-state index contributed by atoms with van der Waals surface area (Å²) in [4.78, 5) is 0. The maximum Gasteiger partial charge on any atom is 0.137 e. The molecule has 0 bridgehead atoms. The van der Waals surface area contributed by atoms with Crippen LogP contribution >= 0.6 is 15.9 Å². The van der Waals surface area contributed by atoms with Gasteiger partial charge < -0.3 is 0 Å². The molecular weight excluding hydrogens is 207 g/mol. The zero-order valence-electron chi connectivity index (χ0n) is 5.77. The summed E-state index contributed by atoms with van der Waals surface area (Å²) in [6.07, 6.45) is 4.91. The van der Waals surface area contributed by atoms with E-state index in [0.29, 0.717) is 4.47 Å². The van der Waals surface area contributed by atoms with Crippen LogP contribution in [0.15, 0.2) is 22.7 Å². The lowest BCUT2D eigenvalue weighted by atomic mass is 10.1. The highest BCUT2D eigenvalue weighted by Gasteiger charge is 2.08. The maximum absolute atomic E-state index is 12.9. The minimum atomic E-state index is -0.174. The molecule has 1 aromatic carbocycles. The summed E-state index contributed by atoms with van der Waals surface area (Å²) in [6, 6.07) is 3.40. The van der Waals surface area contributed by atoms with E-state index in [2.05, 4.69) is 15.9 Å². The Labute approximate surface area is 72.9 Å². The van der Waals surface area contributed by atoms with Gasteiger partial charge >= 0.3 is 0 Å². The molecule has 0 aliphatic heterocycles. The second kappa shape index (κ2) is 2.45. The first-order valence-electron chi connectivity index (χ1n) is 3.42. The number of hydrogen-bond donors (Lipinski definition) is 0. The zero-order chi connectivity index (χ0) is 7.84. The Morgan fingerprint density at radius 2 is 2.18 bits per heavy atom. The molecule has 1 aliphatic carbocycles. The van der Waals surface area contributed by atoms with Crippen LogP contribution in [0.2, 0.25) is 0 Å². The van der Waals surface area contributed by atoms with Crippen molar-refractivity contribution in [3.8, 4) is 0 Å². The van der Waals surface area contributed by atoms with Crippen LogP contribution in [-0.4, -0.2) is 0 Å². The molecule has 11 heavy (non-hydrogen) atoms. The first-order valence-corrected chi connectivity index (χ1v) is 4.21. The normalized spacial score (nSPS) is 13.6. The molecule has 1 aromatic rings. The van der Waals surface area contributed by atoms with Crippen LogP contribution in [0.3, 0.4) is 0 Å². The zero-order valence-corrected chi connectivity index (χ0v) is 7.36. The van der Waals surface area contributed by atoms with Crippen molar-refractivity contribution in [2.75, 3.05) is 0 Å². The Bertz CT molecular complexity index is 329. The molecule has 56 valence electrons. The molecular formula is C9H6BrF. The minimum absolute atomic E-state index is 0.174. The standard InChI is InChI=1S/C9H6BrF/c10-8-4-6-2-1-3-7(6)5-9(8)11/h1-2,4-5H,3H2. The Kier molecular flexibility index (Phi) is 1.57. The summed E-state index contributed by atoms with van der Waals surface area (Å²) in [5.41, 5.74) is 2.20. The highest BCUT2D eigenvalue weighted by atomic mass is 79.9. The monoisotopic (exact) mass is 212 g/mol. The molecule has 0 unspecified atom stereocenters. The summed E-state index contributed by atoms with van der Waals surface area (Å²) in [7, 11) is 0. The molecule has 0 nitrogen and oxygen atoms in total. The average Bonchev–Trinajstić information content (AvgIpc) is 2.36. The molecule has 0 heterocycles. The SMILES string of the molecule is Fc1cc2c(cc1Br)C=CC2. The molecule has 0 radical (unpaired) electrons. The quantitative estimate of drug-likeness (QED) is 0.620. The number of benzene rings is 1. The molecule has 1 aliphatic rings. The average molecular weight is 213 g/mol. The predicted molar refractivity (Wildman–Crippen MR) is 46.8 cm³/mol. The summed E-state index contributed by atoms with van der Waals surface area (Å²) in [5.74, 6) is -0.174. The fraction of sp³-hybridized carbons (Fsp3) is 0.111. The molecule has 2 rings (SSSR count). The number of halogens is 2. The topological polar surface area (TPSA) is 0 Å². The molecule has 0 atom stereocenters. The van der Waals surface area contributed by atoms with Crippen LogP contribution in [-0.2, 0) is 6.42 Å². The second-order valence-corrected chi connectivity index (χ2v) is 3.43. The smallest absolute Gasteiger partial charge is 0.137 e. The first-order chi connectivity index (χ1) is 5.27. The summed E-state index contributed by atoms with van der Waals surface area (Å²) < 4.78 is 13.4. The summed E-state index contributed by atoms with van der Waals surface area (Å²) in [6.45, 7) is 0. The molecule has 0 saturated carbocycles. The number of hydrogen-bond acceptors (Lipinski definition) is 0. The van der Waals surface area contributed by atoms with Crippen molar-refractivity contribution in [1.82, 2.24) is 0 Å². The van der Waals surface area contributed by atoms with Gasteiger partial charge in [0.2, 0.25) is 0 Å². The van der Waals surface area contributed by atoms with Crippen LogP contribution in [0.1, 0.15) is 11.1 Å². The van der Waals surface area contributed by atoms with E-state index in [4.69, 9.17) is 0 Å². The minimum Gasteiger partial charge on any atom is -0.206 e. The fourth-order valence-corrected chi connectivity index (χ4v) is 1.61. The third-order valence-electron chi connectivity index (χ3n) is 1.82. The molecule has 0 amide bonds. The van der Waals surface area contributed by atoms with Crippen LogP contribution in [0.4, 0.5) is 4.39 Å². The van der Waals surface area contributed by atoms with Crippen LogP contribution in [0, 0.1) is 5.82 Å². The van der Waals surface area contributed by atoms with Gasteiger partial charge in [-0.1, -0.05) is 12.2 Å². The number of allylic oxidation sites excluding steroid dienone is 1. The van der Waals surface area contributed by atoms with Gasteiger partial charge in [-0.3, -0.25) is 0 Å². The molecule has 0 saturated heterocycles. The van der Waals surface area contributed by atoms with Gasteiger partial charge in [0.1, 0.15) is 5.82 Å². The van der Waals surface area contributed by atoms with Crippen molar-refractivity contribution in [2.45, 2.75) is 6.42 Å². The molecule has 0 aromatic heterocycles. The predicted octanol–water partition coefficient (Wildman–Crippen LogP) is 3.16. The van der Waals surface area contributed by atoms with Gasteiger partial charge in [-0.25, -0.2) is 4.39 Å². The highest BCUT2D eigenvalue weighted by molar-refractivity contribution is 9.10. The van der Waals surface area contributed by atoms with Gasteiger partial charge in [0, 0.05) is 0 Å².